The van der Waals surface area contributed by atoms with Gasteiger partial charge in [0.15, 0.2) is 0 Å². The average molecular weight is 365 g/mol. The second-order valence-corrected chi connectivity index (χ2v) is 6.65. The Morgan fingerprint density at radius 3 is 2.54 bits per heavy atom. The first-order valence-corrected chi connectivity index (χ1v) is 8.70. The topological polar surface area (TPSA) is 52.6 Å². The number of phenolic OH excluding ortho intramolecular Hbond substituents is 1. The van der Waals surface area contributed by atoms with Gasteiger partial charge in [0.25, 0.3) is 5.91 Å². The molecule has 1 atom stereocenters. The molecule has 0 spiro atoms. The highest BCUT2D eigenvalue weighted by Crippen LogP contribution is 2.38. The van der Waals surface area contributed by atoms with Crippen LogP contribution >= 0.6 is 11.6 Å². The lowest BCUT2D eigenvalue weighted by molar-refractivity contribution is 0.0665. The van der Waals surface area contributed by atoms with Crippen molar-refractivity contribution in [2.24, 2.45) is 0 Å². The summed E-state index contributed by atoms with van der Waals surface area (Å²) in [7, 11) is 0. The van der Waals surface area contributed by atoms with Crippen LogP contribution in [0.3, 0.4) is 0 Å². The monoisotopic (exact) mass is 364 g/mol. The third-order valence-electron chi connectivity index (χ3n) is 4.50. The van der Waals surface area contributed by atoms with E-state index in [2.05, 4.69) is 5.32 Å². The van der Waals surface area contributed by atoms with Crippen molar-refractivity contribution in [1.82, 2.24) is 4.90 Å². The minimum atomic E-state index is -0.517. The van der Waals surface area contributed by atoms with E-state index in [-0.39, 0.29) is 11.7 Å². The van der Waals surface area contributed by atoms with Crippen molar-refractivity contribution in [3.63, 3.8) is 0 Å². The summed E-state index contributed by atoms with van der Waals surface area (Å²) >= 11 is 6.14. The van der Waals surface area contributed by atoms with Gasteiger partial charge in [-0.25, -0.2) is 0 Å². The number of hydrogen-bond donors (Lipinski definition) is 2. The van der Waals surface area contributed by atoms with Crippen LogP contribution in [0.25, 0.3) is 0 Å². The SMILES string of the molecule is O=C1c2ccccc2N[C@@H](c2cc(Cl)ccc2O)N1Cc1ccccc1. The summed E-state index contributed by atoms with van der Waals surface area (Å²) < 4.78 is 0. The molecule has 1 heterocycles. The summed E-state index contributed by atoms with van der Waals surface area (Å²) in [6.07, 6.45) is -0.517. The highest BCUT2D eigenvalue weighted by atomic mass is 35.5. The zero-order valence-corrected chi connectivity index (χ0v) is 14.6. The number of phenols is 1. The zero-order valence-electron chi connectivity index (χ0n) is 13.9. The molecule has 26 heavy (non-hydrogen) atoms. The van der Waals surface area contributed by atoms with Crippen LogP contribution in [0.1, 0.15) is 27.7 Å². The van der Waals surface area contributed by atoms with Gasteiger partial charge in [-0.3, -0.25) is 4.79 Å². The van der Waals surface area contributed by atoms with E-state index < -0.39 is 6.17 Å². The fourth-order valence-corrected chi connectivity index (χ4v) is 3.41. The van der Waals surface area contributed by atoms with Crippen molar-refractivity contribution in [2.45, 2.75) is 12.7 Å². The van der Waals surface area contributed by atoms with E-state index in [4.69, 9.17) is 11.6 Å². The molecule has 130 valence electrons. The van der Waals surface area contributed by atoms with Crippen LogP contribution < -0.4 is 5.32 Å². The molecule has 4 nitrogen and oxygen atoms in total. The number of hydrogen-bond acceptors (Lipinski definition) is 3. The Bertz CT molecular complexity index is 959. The van der Waals surface area contributed by atoms with Crippen LogP contribution in [0.4, 0.5) is 5.69 Å². The van der Waals surface area contributed by atoms with Crippen molar-refractivity contribution >= 4 is 23.2 Å². The van der Waals surface area contributed by atoms with Crippen LogP contribution in [0.2, 0.25) is 5.02 Å². The maximum atomic E-state index is 13.2. The first-order valence-electron chi connectivity index (χ1n) is 8.32. The van der Waals surface area contributed by atoms with Crippen molar-refractivity contribution in [2.75, 3.05) is 5.32 Å². The second kappa shape index (κ2) is 6.73. The number of nitrogens with one attached hydrogen (secondary N) is 1. The molecule has 0 saturated carbocycles. The summed E-state index contributed by atoms with van der Waals surface area (Å²) in [6.45, 7) is 0.414. The predicted molar refractivity (Wildman–Crippen MR) is 102 cm³/mol. The van der Waals surface area contributed by atoms with Crippen LogP contribution in [-0.2, 0) is 6.54 Å². The van der Waals surface area contributed by atoms with Crippen LogP contribution in [0, 0.1) is 0 Å². The molecule has 0 aliphatic carbocycles. The minimum Gasteiger partial charge on any atom is -0.508 e. The number of amides is 1. The molecule has 3 aromatic carbocycles. The van der Waals surface area contributed by atoms with Gasteiger partial charge in [0.2, 0.25) is 0 Å². The van der Waals surface area contributed by atoms with Crippen molar-refractivity contribution in [1.29, 1.82) is 0 Å². The molecule has 1 aliphatic heterocycles. The average Bonchev–Trinajstić information content (AvgIpc) is 2.67. The third kappa shape index (κ3) is 3.00. The van der Waals surface area contributed by atoms with Crippen LogP contribution in [0.5, 0.6) is 5.75 Å². The van der Waals surface area contributed by atoms with Gasteiger partial charge in [-0.05, 0) is 35.9 Å². The van der Waals surface area contributed by atoms with Crippen molar-refractivity contribution in [3.05, 3.63) is 94.5 Å². The highest BCUT2D eigenvalue weighted by Gasteiger charge is 2.34. The Kier molecular flexibility index (Phi) is 4.27. The van der Waals surface area contributed by atoms with E-state index in [9.17, 15) is 9.90 Å². The van der Waals surface area contributed by atoms with E-state index in [0.29, 0.717) is 22.7 Å². The minimum absolute atomic E-state index is 0.0902. The number of anilines is 1. The number of rotatable bonds is 3. The number of para-hydroxylation sites is 1. The quantitative estimate of drug-likeness (QED) is 0.701. The molecule has 0 aromatic heterocycles. The highest BCUT2D eigenvalue weighted by molar-refractivity contribution is 6.30. The molecule has 3 aromatic rings. The number of fused-ring (bicyclic) bond motifs is 1. The Morgan fingerprint density at radius 2 is 1.73 bits per heavy atom. The molecule has 5 heteroatoms. The van der Waals surface area contributed by atoms with Crippen LogP contribution in [0.15, 0.2) is 72.8 Å². The molecule has 0 unspecified atom stereocenters. The third-order valence-corrected chi connectivity index (χ3v) is 4.74. The van der Waals surface area contributed by atoms with Crippen LogP contribution in [-0.4, -0.2) is 15.9 Å². The molecular formula is C21H17ClN2O2. The van der Waals surface area contributed by atoms with Gasteiger partial charge in [0, 0.05) is 22.8 Å². The van der Waals surface area contributed by atoms with Gasteiger partial charge in [-0.1, -0.05) is 54.1 Å². The molecule has 0 saturated heterocycles. The summed E-state index contributed by atoms with van der Waals surface area (Å²) in [5.41, 5.74) is 2.93. The number of carbonyl (C=O) groups is 1. The van der Waals surface area contributed by atoms with E-state index in [1.54, 1.807) is 29.2 Å². The molecule has 0 radical (unpaired) electrons. The number of carbonyl (C=O) groups excluding carboxylic acids is 1. The van der Waals surface area contributed by atoms with Gasteiger partial charge < -0.3 is 15.3 Å². The van der Waals surface area contributed by atoms with Gasteiger partial charge in [-0.2, -0.15) is 0 Å². The lowest BCUT2D eigenvalue weighted by atomic mass is 10.0. The van der Waals surface area contributed by atoms with E-state index >= 15 is 0 Å². The fraction of sp³-hybridized carbons (Fsp3) is 0.0952. The van der Waals surface area contributed by atoms with E-state index in [1.807, 2.05) is 48.5 Å². The molecule has 1 amide bonds. The Hall–Kier alpha value is -2.98. The molecule has 4 rings (SSSR count). The smallest absolute Gasteiger partial charge is 0.258 e. The van der Waals surface area contributed by atoms with E-state index in [0.717, 1.165) is 11.3 Å². The predicted octanol–water partition coefficient (Wildman–Crippen LogP) is 4.81. The normalized spacial score (nSPS) is 16.1. The van der Waals surface area contributed by atoms with Gasteiger partial charge in [-0.15, -0.1) is 0 Å². The van der Waals surface area contributed by atoms with Crippen molar-refractivity contribution < 1.29 is 9.90 Å². The number of halogens is 1. The van der Waals surface area contributed by atoms with Gasteiger partial charge >= 0.3 is 0 Å². The number of aromatic hydroxyl groups is 1. The second-order valence-electron chi connectivity index (χ2n) is 6.21. The summed E-state index contributed by atoms with van der Waals surface area (Å²) in [5, 5.41) is 14.2. The summed E-state index contributed by atoms with van der Waals surface area (Å²) in [4.78, 5) is 14.9. The molecule has 1 aliphatic rings. The largest absolute Gasteiger partial charge is 0.508 e. The lowest BCUT2D eigenvalue weighted by Gasteiger charge is -2.38. The van der Waals surface area contributed by atoms with Gasteiger partial charge in [0.1, 0.15) is 11.9 Å². The number of benzene rings is 3. The zero-order chi connectivity index (χ0) is 18.1. The maximum Gasteiger partial charge on any atom is 0.258 e. The lowest BCUT2D eigenvalue weighted by Crippen LogP contribution is -2.42. The van der Waals surface area contributed by atoms with Gasteiger partial charge in [0.05, 0.1) is 5.56 Å². The maximum absolute atomic E-state index is 13.2. The van der Waals surface area contributed by atoms with Crippen molar-refractivity contribution in [3.8, 4) is 5.75 Å². The Balaban J connectivity index is 1.81. The fourth-order valence-electron chi connectivity index (χ4n) is 3.23. The molecule has 2 N–H and O–H groups in total. The summed E-state index contributed by atoms with van der Waals surface area (Å²) in [6, 6.07) is 22.0. The molecule has 0 fully saturated rings. The first kappa shape index (κ1) is 16.5. The molecule has 0 bridgehead atoms. The Labute approximate surface area is 156 Å². The number of nitrogens with zero attached hydrogens (tertiary/aromatic N) is 1. The summed E-state index contributed by atoms with van der Waals surface area (Å²) in [5.74, 6) is 0.00437. The standard InChI is InChI=1S/C21H17ClN2O2/c22-15-10-11-19(25)17(12-15)20-23-18-9-5-4-8-16(18)21(26)24(20)13-14-6-2-1-3-7-14/h1-12,20,23,25H,13H2/t20-/m1/s1. The molecular weight excluding hydrogens is 348 g/mol. The first-order chi connectivity index (χ1) is 12.6. The Morgan fingerprint density at radius 1 is 1.00 bits per heavy atom. The van der Waals surface area contributed by atoms with E-state index in [1.165, 1.54) is 0 Å².